The number of imidazole rings is 1. The van der Waals surface area contributed by atoms with Crippen molar-refractivity contribution in [2.45, 2.75) is 31.1 Å². The van der Waals surface area contributed by atoms with E-state index in [1.54, 1.807) is 7.11 Å². The van der Waals surface area contributed by atoms with Crippen LogP contribution in [0.15, 0.2) is 48.5 Å². The van der Waals surface area contributed by atoms with Gasteiger partial charge in [-0.3, -0.25) is 0 Å². The Morgan fingerprint density at radius 3 is 2.73 bits per heavy atom. The summed E-state index contributed by atoms with van der Waals surface area (Å²) in [4.78, 5) is 22.0. The minimum Gasteiger partial charge on any atom is -0.497 e. The van der Waals surface area contributed by atoms with Crippen molar-refractivity contribution < 1.29 is 13.9 Å². The Morgan fingerprint density at radius 1 is 1.30 bits per heavy atom. The van der Waals surface area contributed by atoms with Gasteiger partial charge < -0.3 is 25.7 Å². The number of nitrogens with zero attached hydrogens (tertiary/aromatic N) is 2. The van der Waals surface area contributed by atoms with E-state index in [0.717, 1.165) is 22.3 Å². The fourth-order valence-corrected chi connectivity index (χ4v) is 4.11. The number of hydrogen-bond donors (Lipinski definition) is 3. The molecule has 0 bridgehead atoms. The molecule has 7 nitrogen and oxygen atoms in total. The van der Waals surface area contributed by atoms with Crippen LogP contribution in [0.4, 0.5) is 9.18 Å². The second-order valence-electron chi connectivity index (χ2n) is 7.53. The molecule has 1 fully saturated rings. The normalized spacial score (nSPS) is 20.1. The van der Waals surface area contributed by atoms with Crippen LogP contribution in [0, 0.1) is 0 Å². The Bertz CT molecular complexity index is 973. The van der Waals surface area contributed by atoms with Gasteiger partial charge >= 0.3 is 6.03 Å². The zero-order valence-corrected chi connectivity index (χ0v) is 16.8. The molecule has 0 spiro atoms. The topological polar surface area (TPSA) is 96.3 Å². The SMILES string of the molecule is COc1ccc(C[C@H](c2nc3ccccc3[nH]2)N(C(N)=O)[C@@H]2CCNC[C@@H]2F)cc1. The van der Waals surface area contributed by atoms with E-state index in [1.165, 1.54) is 4.90 Å². The van der Waals surface area contributed by atoms with Crippen molar-refractivity contribution >= 4 is 17.1 Å². The number of para-hydroxylation sites is 2. The number of halogens is 1. The molecule has 2 aromatic carbocycles. The van der Waals surface area contributed by atoms with Crippen LogP contribution < -0.4 is 15.8 Å². The second-order valence-corrected chi connectivity index (χ2v) is 7.53. The number of carbonyl (C=O) groups excluding carboxylic acids is 1. The van der Waals surface area contributed by atoms with E-state index in [1.807, 2.05) is 48.5 Å². The molecule has 1 aromatic heterocycles. The Kier molecular flexibility index (Phi) is 5.85. The molecule has 0 saturated carbocycles. The molecule has 1 saturated heterocycles. The molecular formula is C22H26FN5O2. The summed E-state index contributed by atoms with van der Waals surface area (Å²) in [5.74, 6) is 1.34. The molecule has 0 radical (unpaired) electrons. The van der Waals surface area contributed by atoms with Gasteiger partial charge in [-0.15, -0.1) is 0 Å². The summed E-state index contributed by atoms with van der Waals surface area (Å²) in [5, 5.41) is 3.03. The van der Waals surface area contributed by atoms with Gasteiger partial charge in [0.15, 0.2) is 0 Å². The molecule has 3 atom stereocenters. The average molecular weight is 411 g/mol. The maximum atomic E-state index is 14.8. The molecule has 1 aliphatic heterocycles. The van der Waals surface area contributed by atoms with Crippen LogP contribution in [0.25, 0.3) is 11.0 Å². The van der Waals surface area contributed by atoms with Crippen LogP contribution in [0.1, 0.15) is 23.9 Å². The number of H-pyrrole nitrogens is 1. The lowest BCUT2D eigenvalue weighted by atomic mass is 9.97. The van der Waals surface area contributed by atoms with E-state index in [-0.39, 0.29) is 6.54 Å². The predicted molar refractivity (Wildman–Crippen MR) is 113 cm³/mol. The number of carbonyl (C=O) groups is 1. The number of rotatable bonds is 6. The van der Waals surface area contributed by atoms with E-state index in [9.17, 15) is 9.18 Å². The van der Waals surface area contributed by atoms with Gasteiger partial charge in [0, 0.05) is 13.0 Å². The van der Waals surface area contributed by atoms with Gasteiger partial charge in [-0.25, -0.2) is 14.2 Å². The van der Waals surface area contributed by atoms with E-state index >= 15 is 0 Å². The third-order valence-corrected chi connectivity index (χ3v) is 5.63. The molecule has 4 N–H and O–H groups in total. The molecule has 1 aliphatic rings. The van der Waals surface area contributed by atoms with Crippen LogP contribution in [0.3, 0.4) is 0 Å². The molecule has 8 heteroatoms. The summed E-state index contributed by atoms with van der Waals surface area (Å²) in [5.41, 5.74) is 8.42. The number of ether oxygens (including phenoxy) is 1. The van der Waals surface area contributed by atoms with Gasteiger partial charge in [-0.1, -0.05) is 24.3 Å². The van der Waals surface area contributed by atoms with E-state index < -0.39 is 24.3 Å². The number of urea groups is 1. The number of aromatic amines is 1. The fourth-order valence-electron chi connectivity index (χ4n) is 4.11. The number of nitrogens with one attached hydrogen (secondary N) is 2. The van der Waals surface area contributed by atoms with Gasteiger partial charge in [0.1, 0.15) is 17.7 Å². The lowest BCUT2D eigenvalue weighted by molar-refractivity contribution is 0.0760. The first kappa shape index (κ1) is 20.2. The van der Waals surface area contributed by atoms with Crippen molar-refractivity contribution in [3.05, 3.63) is 59.9 Å². The number of hydrogen-bond acceptors (Lipinski definition) is 4. The Balaban J connectivity index is 1.74. The summed E-state index contributed by atoms with van der Waals surface area (Å²) in [7, 11) is 1.61. The van der Waals surface area contributed by atoms with Gasteiger partial charge in [0.05, 0.1) is 30.2 Å². The third kappa shape index (κ3) is 4.09. The highest BCUT2D eigenvalue weighted by Gasteiger charge is 2.38. The zero-order chi connectivity index (χ0) is 21.1. The highest BCUT2D eigenvalue weighted by atomic mass is 19.1. The Morgan fingerprint density at radius 2 is 2.07 bits per heavy atom. The number of methoxy groups -OCH3 is 1. The van der Waals surface area contributed by atoms with Gasteiger partial charge in [0.2, 0.25) is 0 Å². The smallest absolute Gasteiger partial charge is 0.315 e. The number of primary amides is 1. The van der Waals surface area contributed by atoms with Crippen LogP contribution in [-0.4, -0.2) is 53.3 Å². The zero-order valence-electron chi connectivity index (χ0n) is 16.8. The molecule has 3 aromatic rings. The minimum absolute atomic E-state index is 0.198. The Labute approximate surface area is 174 Å². The standard InChI is InChI=1S/C22H26FN5O2/c1-30-15-8-6-14(7-9-15)12-20(21-26-17-4-2-3-5-18(17)27-21)28(22(24)29)19-10-11-25-13-16(19)23/h2-9,16,19-20,25H,10-13H2,1H3,(H2,24,29)(H,26,27)/t16-,19+,20+/m0/s1. The largest absolute Gasteiger partial charge is 0.497 e. The maximum absolute atomic E-state index is 14.8. The highest BCUT2D eigenvalue weighted by Crippen LogP contribution is 2.31. The van der Waals surface area contributed by atoms with Crippen molar-refractivity contribution in [3.63, 3.8) is 0 Å². The number of nitrogens with two attached hydrogens (primary N) is 1. The minimum atomic E-state index is -1.20. The number of piperidine rings is 1. The van der Waals surface area contributed by atoms with Crippen LogP contribution in [0.2, 0.25) is 0 Å². The Hall–Kier alpha value is -3.13. The van der Waals surface area contributed by atoms with Gasteiger partial charge in [-0.2, -0.15) is 0 Å². The first-order valence-corrected chi connectivity index (χ1v) is 10.1. The molecular weight excluding hydrogens is 385 g/mol. The van der Waals surface area contributed by atoms with E-state index in [2.05, 4.69) is 10.3 Å². The summed E-state index contributed by atoms with van der Waals surface area (Å²) in [6.45, 7) is 0.827. The molecule has 2 amide bonds. The summed E-state index contributed by atoms with van der Waals surface area (Å²) in [6.07, 6.45) is -0.263. The molecule has 2 heterocycles. The molecule has 158 valence electrons. The number of benzene rings is 2. The van der Waals surface area contributed by atoms with Crippen molar-refractivity contribution in [1.29, 1.82) is 0 Å². The monoisotopic (exact) mass is 411 g/mol. The summed E-state index contributed by atoms with van der Waals surface area (Å²) < 4.78 is 20.1. The van der Waals surface area contributed by atoms with Crippen LogP contribution in [-0.2, 0) is 6.42 Å². The van der Waals surface area contributed by atoms with Gasteiger partial charge in [0.25, 0.3) is 0 Å². The lowest BCUT2D eigenvalue weighted by Gasteiger charge is -2.40. The first-order chi connectivity index (χ1) is 14.6. The molecule has 0 unspecified atom stereocenters. The highest BCUT2D eigenvalue weighted by molar-refractivity contribution is 5.76. The van der Waals surface area contributed by atoms with Crippen molar-refractivity contribution in [2.24, 2.45) is 5.73 Å². The second kappa shape index (κ2) is 8.71. The predicted octanol–water partition coefficient (Wildman–Crippen LogP) is 2.94. The first-order valence-electron chi connectivity index (χ1n) is 10.1. The van der Waals surface area contributed by atoms with Crippen molar-refractivity contribution in [3.8, 4) is 5.75 Å². The summed E-state index contributed by atoms with van der Waals surface area (Å²) >= 11 is 0. The fraction of sp³-hybridized carbons (Fsp3) is 0.364. The molecule has 4 rings (SSSR count). The van der Waals surface area contributed by atoms with Crippen molar-refractivity contribution in [2.75, 3.05) is 20.2 Å². The van der Waals surface area contributed by atoms with E-state index in [4.69, 9.17) is 15.5 Å². The van der Waals surface area contributed by atoms with Crippen molar-refractivity contribution in [1.82, 2.24) is 20.2 Å². The maximum Gasteiger partial charge on any atom is 0.315 e. The van der Waals surface area contributed by atoms with Crippen LogP contribution in [0.5, 0.6) is 5.75 Å². The van der Waals surface area contributed by atoms with E-state index in [0.29, 0.717) is 25.2 Å². The van der Waals surface area contributed by atoms with Gasteiger partial charge in [-0.05, 0) is 42.8 Å². The number of alkyl halides is 1. The number of fused-ring (bicyclic) bond motifs is 1. The molecule has 0 aliphatic carbocycles. The third-order valence-electron chi connectivity index (χ3n) is 5.63. The summed E-state index contributed by atoms with van der Waals surface area (Å²) in [6, 6.07) is 13.5. The quantitative estimate of drug-likeness (QED) is 0.581. The lowest BCUT2D eigenvalue weighted by Crippen LogP contribution is -2.56. The molecule has 30 heavy (non-hydrogen) atoms. The number of amides is 2. The number of aromatic nitrogens is 2. The average Bonchev–Trinajstić information content (AvgIpc) is 3.19. The van der Waals surface area contributed by atoms with Crippen LogP contribution >= 0.6 is 0 Å².